The van der Waals surface area contributed by atoms with Gasteiger partial charge in [-0.2, -0.15) is 0 Å². The average molecular weight is 452 g/mol. The van der Waals surface area contributed by atoms with E-state index in [-0.39, 0.29) is 18.1 Å². The largest absolute Gasteiger partial charge is 0.493 e. The molecule has 1 unspecified atom stereocenters. The molecule has 2 saturated heterocycles. The van der Waals surface area contributed by atoms with E-state index in [9.17, 15) is 4.79 Å². The van der Waals surface area contributed by atoms with Crippen LogP contribution in [-0.4, -0.2) is 44.7 Å². The molecule has 30 heavy (non-hydrogen) atoms. The van der Waals surface area contributed by atoms with Gasteiger partial charge in [0.25, 0.3) is 5.91 Å². The lowest BCUT2D eigenvalue weighted by molar-refractivity contribution is -0.130. The number of hydrogen-bond acceptors (Lipinski definition) is 6. The first-order valence-electron chi connectivity index (χ1n) is 9.58. The Balaban J connectivity index is 1.87. The molecule has 2 aliphatic heterocycles. The lowest BCUT2D eigenvalue weighted by Gasteiger charge is -2.46. The molecule has 0 aromatic heterocycles. The second kappa shape index (κ2) is 8.41. The van der Waals surface area contributed by atoms with Crippen LogP contribution in [0.2, 0.25) is 10.0 Å². The summed E-state index contributed by atoms with van der Waals surface area (Å²) in [4.78, 5) is 15.0. The van der Waals surface area contributed by atoms with E-state index < -0.39 is 0 Å². The van der Waals surface area contributed by atoms with Gasteiger partial charge in [-0.25, -0.2) is 0 Å². The summed E-state index contributed by atoms with van der Waals surface area (Å²) in [7, 11) is 4.73. The number of carbonyl (C=O) groups excluding carboxylic acids is 1. The molecule has 0 spiro atoms. The van der Waals surface area contributed by atoms with Crippen LogP contribution in [0.5, 0.6) is 17.2 Å². The SMILES string of the molecule is COc1cc(C2N(c3cc(Cl)cc(Cl)c3)NC(=O)[C@@H]3CCCN23)cc(OC)c1OC. The highest BCUT2D eigenvalue weighted by Gasteiger charge is 2.45. The average Bonchev–Trinajstić information content (AvgIpc) is 3.22. The Morgan fingerprint density at radius 3 is 2.17 bits per heavy atom. The smallest absolute Gasteiger partial charge is 0.255 e. The van der Waals surface area contributed by atoms with E-state index >= 15 is 0 Å². The van der Waals surface area contributed by atoms with Gasteiger partial charge in [0.1, 0.15) is 6.17 Å². The van der Waals surface area contributed by atoms with Crippen LogP contribution in [0.3, 0.4) is 0 Å². The van der Waals surface area contributed by atoms with E-state index in [1.807, 2.05) is 12.1 Å². The number of hydrazine groups is 1. The number of ether oxygens (including phenoxy) is 3. The second-order valence-electron chi connectivity index (χ2n) is 7.20. The maximum absolute atomic E-state index is 12.8. The van der Waals surface area contributed by atoms with Gasteiger partial charge in [-0.3, -0.25) is 20.1 Å². The molecule has 7 nitrogen and oxygen atoms in total. The summed E-state index contributed by atoms with van der Waals surface area (Å²) in [6.07, 6.45) is 1.43. The number of nitrogens with zero attached hydrogens (tertiary/aromatic N) is 2. The molecule has 9 heteroatoms. The first kappa shape index (κ1) is 20.9. The number of benzene rings is 2. The van der Waals surface area contributed by atoms with Crippen molar-refractivity contribution in [2.24, 2.45) is 0 Å². The van der Waals surface area contributed by atoms with Crippen LogP contribution in [0.1, 0.15) is 24.6 Å². The van der Waals surface area contributed by atoms with Crippen LogP contribution in [0.25, 0.3) is 0 Å². The molecule has 2 heterocycles. The van der Waals surface area contributed by atoms with Crippen molar-refractivity contribution in [2.75, 3.05) is 32.9 Å². The van der Waals surface area contributed by atoms with Gasteiger partial charge in [0.2, 0.25) is 5.75 Å². The van der Waals surface area contributed by atoms with Gasteiger partial charge in [0.05, 0.1) is 33.1 Å². The summed E-state index contributed by atoms with van der Waals surface area (Å²) in [6.45, 7) is 0.782. The fraction of sp³-hybridized carbons (Fsp3) is 0.381. The molecule has 2 fully saturated rings. The number of rotatable bonds is 5. The Hall–Kier alpha value is -2.35. The number of carbonyl (C=O) groups is 1. The minimum Gasteiger partial charge on any atom is -0.493 e. The molecule has 1 amide bonds. The molecule has 0 radical (unpaired) electrons. The molecule has 2 atom stereocenters. The molecule has 0 aliphatic carbocycles. The van der Waals surface area contributed by atoms with Crippen molar-refractivity contribution in [1.82, 2.24) is 10.3 Å². The topological polar surface area (TPSA) is 63.3 Å². The molecule has 2 aromatic carbocycles. The molecule has 2 aromatic rings. The van der Waals surface area contributed by atoms with Gasteiger partial charge in [-0.15, -0.1) is 0 Å². The van der Waals surface area contributed by atoms with Crippen molar-refractivity contribution in [3.8, 4) is 17.2 Å². The van der Waals surface area contributed by atoms with Crippen molar-refractivity contribution in [2.45, 2.75) is 25.0 Å². The summed E-state index contributed by atoms with van der Waals surface area (Å²) in [6, 6.07) is 8.80. The van der Waals surface area contributed by atoms with Crippen LogP contribution in [0.15, 0.2) is 30.3 Å². The summed E-state index contributed by atoms with van der Waals surface area (Å²) in [5.41, 5.74) is 4.60. The van der Waals surface area contributed by atoms with Gasteiger partial charge < -0.3 is 14.2 Å². The van der Waals surface area contributed by atoms with E-state index in [1.54, 1.807) is 44.5 Å². The Kier molecular flexibility index (Phi) is 5.86. The van der Waals surface area contributed by atoms with Gasteiger partial charge in [-0.05, 0) is 48.7 Å². The first-order valence-corrected chi connectivity index (χ1v) is 10.3. The molecule has 0 bridgehead atoms. The fourth-order valence-electron chi connectivity index (χ4n) is 4.24. The summed E-state index contributed by atoms with van der Waals surface area (Å²) in [5, 5.41) is 2.76. The van der Waals surface area contributed by atoms with Crippen LogP contribution in [0.4, 0.5) is 5.69 Å². The number of fused-ring (bicyclic) bond motifs is 1. The zero-order valence-corrected chi connectivity index (χ0v) is 18.5. The number of methoxy groups -OCH3 is 3. The molecule has 160 valence electrons. The molecule has 0 saturated carbocycles. The highest BCUT2D eigenvalue weighted by molar-refractivity contribution is 6.35. The summed E-state index contributed by atoms with van der Waals surface area (Å²) >= 11 is 12.5. The third-order valence-electron chi connectivity index (χ3n) is 5.50. The third-order valence-corrected chi connectivity index (χ3v) is 5.93. The monoisotopic (exact) mass is 451 g/mol. The van der Waals surface area contributed by atoms with Crippen LogP contribution in [0, 0.1) is 0 Å². The Bertz CT molecular complexity index is 926. The minimum atomic E-state index is -0.307. The van der Waals surface area contributed by atoms with Gasteiger partial charge in [0.15, 0.2) is 11.5 Å². The number of anilines is 1. The van der Waals surface area contributed by atoms with Crippen LogP contribution in [-0.2, 0) is 4.79 Å². The van der Waals surface area contributed by atoms with Crippen LogP contribution < -0.4 is 24.6 Å². The molecule has 1 N–H and O–H groups in total. The van der Waals surface area contributed by atoms with E-state index in [0.717, 1.165) is 24.9 Å². The summed E-state index contributed by atoms with van der Waals surface area (Å²) < 4.78 is 16.6. The molecule has 4 rings (SSSR count). The predicted octanol–water partition coefficient (Wildman–Crippen LogP) is 4.03. The molecular formula is C21H23Cl2N3O4. The quantitative estimate of drug-likeness (QED) is 0.739. The van der Waals surface area contributed by atoms with E-state index in [2.05, 4.69) is 10.3 Å². The lowest BCUT2D eigenvalue weighted by Crippen LogP contribution is -2.62. The number of nitrogens with one attached hydrogen (secondary N) is 1. The first-order chi connectivity index (χ1) is 14.5. The van der Waals surface area contributed by atoms with E-state index in [1.165, 1.54) is 0 Å². The van der Waals surface area contributed by atoms with Crippen molar-refractivity contribution in [1.29, 1.82) is 0 Å². The highest BCUT2D eigenvalue weighted by atomic mass is 35.5. The van der Waals surface area contributed by atoms with Crippen molar-refractivity contribution in [3.05, 3.63) is 45.9 Å². The predicted molar refractivity (Wildman–Crippen MR) is 116 cm³/mol. The molecule has 2 aliphatic rings. The van der Waals surface area contributed by atoms with Crippen LogP contribution >= 0.6 is 23.2 Å². The molecular weight excluding hydrogens is 429 g/mol. The maximum atomic E-state index is 12.8. The normalized spacial score (nSPS) is 21.2. The maximum Gasteiger partial charge on any atom is 0.255 e. The minimum absolute atomic E-state index is 0.0488. The van der Waals surface area contributed by atoms with Crippen molar-refractivity contribution < 1.29 is 19.0 Å². The number of amides is 1. The number of hydrogen-bond donors (Lipinski definition) is 1. The standard InChI is InChI=1S/C21H23Cl2N3O4/c1-28-17-7-12(8-18(29-2)19(17)30-3)21-25-6-4-5-16(25)20(27)24-26(21)15-10-13(22)9-14(23)11-15/h7-11,16,21H,4-6H2,1-3H3,(H,24,27)/t16-,21?/m0/s1. The number of halogens is 2. The highest BCUT2D eigenvalue weighted by Crippen LogP contribution is 2.44. The third kappa shape index (κ3) is 3.62. The Morgan fingerprint density at radius 2 is 1.60 bits per heavy atom. The van der Waals surface area contributed by atoms with Gasteiger partial charge >= 0.3 is 0 Å². The van der Waals surface area contributed by atoms with Crippen molar-refractivity contribution >= 4 is 34.8 Å². The van der Waals surface area contributed by atoms with Gasteiger partial charge in [-0.1, -0.05) is 23.2 Å². The Morgan fingerprint density at radius 1 is 0.967 bits per heavy atom. The fourth-order valence-corrected chi connectivity index (χ4v) is 4.76. The lowest BCUT2D eigenvalue weighted by atomic mass is 10.1. The summed E-state index contributed by atoms with van der Waals surface area (Å²) in [5.74, 6) is 1.55. The van der Waals surface area contributed by atoms with Gasteiger partial charge in [0, 0.05) is 16.6 Å². The Labute approximate surface area is 185 Å². The van der Waals surface area contributed by atoms with Crippen molar-refractivity contribution in [3.63, 3.8) is 0 Å². The van der Waals surface area contributed by atoms with E-state index in [4.69, 9.17) is 37.4 Å². The zero-order valence-electron chi connectivity index (χ0n) is 16.9. The second-order valence-corrected chi connectivity index (χ2v) is 8.07. The van der Waals surface area contributed by atoms with E-state index in [0.29, 0.717) is 33.0 Å². The zero-order chi connectivity index (χ0) is 21.4.